The Morgan fingerprint density at radius 2 is 2.06 bits per heavy atom. The van der Waals surface area contributed by atoms with Crippen LogP contribution >= 0.6 is 0 Å². The quantitative estimate of drug-likeness (QED) is 0.818. The third-order valence-electron chi connectivity index (χ3n) is 2.59. The molecule has 18 heavy (non-hydrogen) atoms. The van der Waals surface area contributed by atoms with Gasteiger partial charge >= 0.3 is 0 Å². The molecule has 0 fully saturated rings. The van der Waals surface area contributed by atoms with Crippen LogP contribution in [0.2, 0.25) is 0 Å². The van der Waals surface area contributed by atoms with Crippen LogP contribution in [-0.4, -0.2) is 18.1 Å². The number of ether oxygens (including phenoxy) is 1. The maximum Gasteiger partial charge on any atom is 0.119 e. The Balaban J connectivity index is 1.76. The molecular weight excluding hydrogens is 224 g/mol. The van der Waals surface area contributed by atoms with Gasteiger partial charge in [0.25, 0.3) is 0 Å². The largest absolute Gasteiger partial charge is 0.492 e. The molecule has 0 aliphatic heterocycles. The van der Waals surface area contributed by atoms with E-state index in [4.69, 9.17) is 4.74 Å². The number of nitrogens with zero attached hydrogens (tertiary/aromatic N) is 1. The lowest BCUT2D eigenvalue weighted by Crippen LogP contribution is -2.11. The molecule has 0 unspecified atom stereocenters. The Morgan fingerprint density at radius 1 is 1.17 bits per heavy atom. The number of benzene rings is 1. The molecule has 2 aromatic rings. The summed E-state index contributed by atoms with van der Waals surface area (Å²) in [4.78, 5) is 4.15. The van der Waals surface area contributed by atoms with E-state index in [0.29, 0.717) is 6.61 Å². The highest BCUT2D eigenvalue weighted by atomic mass is 16.5. The van der Waals surface area contributed by atoms with Crippen molar-refractivity contribution in [2.45, 2.75) is 13.8 Å². The second-order valence-corrected chi connectivity index (χ2v) is 4.28. The standard InChI is InChI=1S/C15H18N2O/c1-12-4-3-5-15(10-12)18-9-8-17-14-6-7-16-13(2)11-14/h3-7,10-11H,8-9H2,1-2H3,(H,16,17). The van der Waals surface area contributed by atoms with Crippen molar-refractivity contribution in [1.29, 1.82) is 0 Å². The van der Waals surface area contributed by atoms with Crippen LogP contribution < -0.4 is 10.1 Å². The van der Waals surface area contributed by atoms with Gasteiger partial charge in [-0.05, 0) is 43.7 Å². The van der Waals surface area contributed by atoms with Crippen LogP contribution in [0.5, 0.6) is 5.75 Å². The lowest BCUT2D eigenvalue weighted by Gasteiger charge is -2.09. The summed E-state index contributed by atoms with van der Waals surface area (Å²) < 4.78 is 5.66. The smallest absolute Gasteiger partial charge is 0.119 e. The van der Waals surface area contributed by atoms with Crippen molar-refractivity contribution < 1.29 is 4.74 Å². The molecule has 1 N–H and O–H groups in total. The average Bonchev–Trinajstić information content (AvgIpc) is 2.35. The number of nitrogens with one attached hydrogen (secondary N) is 1. The summed E-state index contributed by atoms with van der Waals surface area (Å²) in [7, 11) is 0. The van der Waals surface area contributed by atoms with Crippen LogP contribution in [0.4, 0.5) is 5.69 Å². The van der Waals surface area contributed by atoms with Gasteiger partial charge in [-0.25, -0.2) is 0 Å². The van der Waals surface area contributed by atoms with Crippen LogP contribution in [0.3, 0.4) is 0 Å². The SMILES string of the molecule is Cc1cccc(OCCNc2ccnc(C)c2)c1. The van der Waals surface area contributed by atoms with Crippen molar-refractivity contribution >= 4 is 5.69 Å². The van der Waals surface area contributed by atoms with Crippen LogP contribution in [0.15, 0.2) is 42.6 Å². The van der Waals surface area contributed by atoms with Crippen molar-refractivity contribution in [2.75, 3.05) is 18.5 Å². The summed E-state index contributed by atoms with van der Waals surface area (Å²) in [6.45, 7) is 5.46. The normalized spacial score (nSPS) is 10.1. The summed E-state index contributed by atoms with van der Waals surface area (Å²) in [5.41, 5.74) is 3.31. The highest BCUT2D eigenvalue weighted by Crippen LogP contribution is 2.12. The van der Waals surface area contributed by atoms with Crippen molar-refractivity contribution in [3.63, 3.8) is 0 Å². The van der Waals surface area contributed by atoms with Gasteiger partial charge in [0, 0.05) is 24.1 Å². The van der Waals surface area contributed by atoms with E-state index >= 15 is 0 Å². The highest BCUT2D eigenvalue weighted by Gasteiger charge is 1.95. The Kier molecular flexibility index (Phi) is 4.18. The molecule has 0 saturated carbocycles. The number of rotatable bonds is 5. The number of hydrogen-bond acceptors (Lipinski definition) is 3. The Bertz CT molecular complexity index is 464. The topological polar surface area (TPSA) is 34.1 Å². The van der Waals surface area contributed by atoms with Gasteiger partial charge in [-0.15, -0.1) is 0 Å². The molecule has 3 heteroatoms. The molecule has 2 rings (SSSR count). The van der Waals surface area contributed by atoms with Crippen LogP contribution in [0.25, 0.3) is 0 Å². The van der Waals surface area contributed by atoms with Crippen molar-refractivity contribution in [3.05, 3.63) is 53.9 Å². The number of hydrogen-bond donors (Lipinski definition) is 1. The Hall–Kier alpha value is -2.03. The van der Waals surface area contributed by atoms with E-state index in [0.717, 1.165) is 23.7 Å². The minimum atomic E-state index is 0.644. The first-order valence-corrected chi connectivity index (χ1v) is 6.10. The van der Waals surface area contributed by atoms with E-state index in [9.17, 15) is 0 Å². The zero-order chi connectivity index (χ0) is 12.8. The summed E-state index contributed by atoms with van der Waals surface area (Å²) in [5.74, 6) is 0.919. The molecule has 1 aromatic carbocycles. The molecule has 0 saturated heterocycles. The van der Waals surface area contributed by atoms with Crippen LogP contribution in [-0.2, 0) is 0 Å². The Morgan fingerprint density at radius 3 is 2.83 bits per heavy atom. The van der Waals surface area contributed by atoms with E-state index in [2.05, 4.69) is 23.3 Å². The minimum Gasteiger partial charge on any atom is -0.492 e. The zero-order valence-corrected chi connectivity index (χ0v) is 10.8. The first kappa shape index (κ1) is 12.4. The predicted molar refractivity (Wildman–Crippen MR) is 74.1 cm³/mol. The average molecular weight is 242 g/mol. The van der Waals surface area contributed by atoms with Gasteiger partial charge in [0.2, 0.25) is 0 Å². The molecule has 0 amide bonds. The zero-order valence-electron chi connectivity index (χ0n) is 10.8. The molecule has 1 aromatic heterocycles. The fourth-order valence-electron chi connectivity index (χ4n) is 1.72. The van der Waals surface area contributed by atoms with E-state index in [1.54, 1.807) is 6.20 Å². The molecule has 0 spiro atoms. The number of pyridine rings is 1. The third-order valence-corrected chi connectivity index (χ3v) is 2.59. The highest BCUT2D eigenvalue weighted by molar-refractivity contribution is 5.42. The summed E-state index contributed by atoms with van der Waals surface area (Å²) >= 11 is 0. The molecule has 0 bridgehead atoms. The van der Waals surface area contributed by atoms with Crippen LogP contribution in [0.1, 0.15) is 11.3 Å². The Labute approximate surface area is 108 Å². The van der Waals surface area contributed by atoms with Gasteiger partial charge in [-0.2, -0.15) is 0 Å². The van der Waals surface area contributed by atoms with Gasteiger partial charge < -0.3 is 10.1 Å². The van der Waals surface area contributed by atoms with Gasteiger partial charge in [-0.1, -0.05) is 12.1 Å². The predicted octanol–water partition coefficient (Wildman–Crippen LogP) is 3.19. The fourth-order valence-corrected chi connectivity index (χ4v) is 1.72. The maximum atomic E-state index is 5.66. The monoisotopic (exact) mass is 242 g/mol. The van der Waals surface area contributed by atoms with Gasteiger partial charge in [0.1, 0.15) is 12.4 Å². The number of anilines is 1. The molecule has 3 nitrogen and oxygen atoms in total. The summed E-state index contributed by atoms with van der Waals surface area (Å²) in [6.07, 6.45) is 1.80. The lowest BCUT2D eigenvalue weighted by molar-refractivity contribution is 0.332. The molecule has 0 aliphatic carbocycles. The molecule has 94 valence electrons. The van der Waals surface area contributed by atoms with E-state index in [1.165, 1.54) is 5.56 Å². The number of aromatic nitrogens is 1. The third kappa shape index (κ3) is 3.77. The van der Waals surface area contributed by atoms with Crippen molar-refractivity contribution in [2.24, 2.45) is 0 Å². The molecular formula is C15H18N2O. The number of aryl methyl sites for hydroxylation is 2. The van der Waals surface area contributed by atoms with Gasteiger partial charge in [0.15, 0.2) is 0 Å². The van der Waals surface area contributed by atoms with Crippen LogP contribution in [0, 0.1) is 13.8 Å². The van der Waals surface area contributed by atoms with Crippen molar-refractivity contribution in [3.8, 4) is 5.75 Å². The van der Waals surface area contributed by atoms with Crippen molar-refractivity contribution in [1.82, 2.24) is 4.98 Å². The first-order valence-electron chi connectivity index (χ1n) is 6.10. The summed E-state index contributed by atoms with van der Waals surface area (Å²) in [5, 5.41) is 3.31. The molecule has 0 atom stereocenters. The van der Waals surface area contributed by atoms with Gasteiger partial charge in [0.05, 0.1) is 0 Å². The first-order chi connectivity index (χ1) is 8.74. The second-order valence-electron chi connectivity index (χ2n) is 4.28. The second kappa shape index (κ2) is 6.05. The summed E-state index contributed by atoms with van der Waals surface area (Å²) in [6, 6.07) is 12.1. The maximum absolute atomic E-state index is 5.66. The van der Waals surface area contributed by atoms with E-state index < -0.39 is 0 Å². The van der Waals surface area contributed by atoms with Gasteiger partial charge in [-0.3, -0.25) is 4.98 Å². The fraction of sp³-hybridized carbons (Fsp3) is 0.267. The lowest BCUT2D eigenvalue weighted by atomic mass is 10.2. The molecule has 1 heterocycles. The molecule has 0 aliphatic rings. The molecule has 0 radical (unpaired) electrons. The minimum absolute atomic E-state index is 0.644. The van der Waals surface area contributed by atoms with E-state index in [1.807, 2.05) is 37.3 Å². The van der Waals surface area contributed by atoms with E-state index in [-0.39, 0.29) is 0 Å².